The molecule has 0 saturated carbocycles. The Hall–Kier alpha value is -5.96. The molecule has 9 heteroatoms. The van der Waals surface area contributed by atoms with Crippen LogP contribution in [0.3, 0.4) is 0 Å². The molecule has 0 N–H and O–H groups in total. The molecule has 0 radical (unpaired) electrons. The van der Waals surface area contributed by atoms with Crippen LogP contribution in [-0.2, 0) is 16.2 Å². The number of ether oxygens (including phenoxy) is 4. The maximum absolute atomic E-state index is 7.22. The number of fused-ring (bicyclic) bond motifs is 10. The third-order valence-electron chi connectivity index (χ3n) is 12.9. The molecule has 6 heterocycles. The summed E-state index contributed by atoms with van der Waals surface area (Å²) in [5.74, 6) is 4.56. The molecule has 8 nitrogen and oxygen atoms in total. The number of benzene rings is 5. The van der Waals surface area contributed by atoms with Gasteiger partial charge >= 0.3 is 0 Å². The van der Waals surface area contributed by atoms with Crippen molar-refractivity contribution < 1.29 is 27.8 Å². The first kappa shape index (κ1) is 38.0. The molecule has 0 bridgehead atoms. The Morgan fingerprint density at radius 1 is 0.426 bits per heavy atom. The molecule has 11 rings (SSSR count). The van der Waals surface area contributed by atoms with Crippen LogP contribution in [0.25, 0.3) is 21.9 Å². The van der Waals surface area contributed by atoms with Gasteiger partial charge in [0.05, 0.1) is 37.8 Å². The number of nitrogens with zero attached hydrogens (tertiary/aromatic N) is 2. The third-order valence-corrected chi connectivity index (χ3v) is 12.9. The fraction of sp³-hybridized carbons (Fsp3) is 0.346. The summed E-state index contributed by atoms with van der Waals surface area (Å²) >= 11 is 0. The topological polar surface area (TPSA) is 69.7 Å². The molecule has 5 aromatic carbocycles. The van der Waals surface area contributed by atoms with Gasteiger partial charge in [-0.05, 0) is 99.1 Å². The maximum Gasteiger partial charge on any atom is 0.262 e. The second kappa shape index (κ2) is 13.3. The Bertz CT molecular complexity index is 2730. The second-order valence-corrected chi connectivity index (χ2v) is 20.2. The highest BCUT2D eigenvalue weighted by Crippen LogP contribution is 2.51. The Kier molecular flexibility index (Phi) is 8.27. The van der Waals surface area contributed by atoms with E-state index in [1.807, 2.05) is 12.1 Å². The van der Waals surface area contributed by atoms with Gasteiger partial charge in [-0.25, -0.2) is 0 Å². The Morgan fingerprint density at radius 3 is 1.25 bits per heavy atom. The number of anilines is 6. The van der Waals surface area contributed by atoms with Crippen LogP contribution in [0.2, 0.25) is 0 Å². The van der Waals surface area contributed by atoms with E-state index in [9.17, 15) is 0 Å². The average Bonchev–Trinajstić information content (AvgIpc) is 3.55. The van der Waals surface area contributed by atoms with Crippen LogP contribution in [0, 0.1) is 0 Å². The van der Waals surface area contributed by atoms with Crippen LogP contribution >= 0.6 is 0 Å². The van der Waals surface area contributed by atoms with Crippen molar-refractivity contribution in [3.8, 4) is 23.0 Å². The molecule has 61 heavy (non-hydrogen) atoms. The number of hydrogen-bond acceptors (Lipinski definition) is 8. The predicted octanol–water partition coefficient (Wildman–Crippen LogP) is 11.5. The average molecular weight is 813 g/mol. The minimum Gasteiger partial charge on any atom is -0.490 e. The summed E-state index contributed by atoms with van der Waals surface area (Å²) in [6.07, 6.45) is 1.65. The van der Waals surface area contributed by atoms with E-state index in [0.29, 0.717) is 26.4 Å². The third kappa shape index (κ3) is 6.01. The van der Waals surface area contributed by atoms with E-state index in [4.69, 9.17) is 27.8 Å². The molecular formula is C52H53BN2O6. The normalized spacial score (nSPS) is 16.0. The van der Waals surface area contributed by atoms with Crippen molar-refractivity contribution in [1.29, 1.82) is 0 Å². The summed E-state index contributed by atoms with van der Waals surface area (Å²) in [7, 11) is 0. The smallest absolute Gasteiger partial charge is 0.262 e. The summed E-state index contributed by atoms with van der Waals surface area (Å²) in [5, 5.41) is 2.19. The minimum atomic E-state index is -0.231. The highest BCUT2D eigenvalue weighted by atomic mass is 16.5. The van der Waals surface area contributed by atoms with Crippen LogP contribution in [0.4, 0.5) is 34.5 Å². The van der Waals surface area contributed by atoms with Crippen LogP contribution in [0.5, 0.6) is 23.0 Å². The lowest BCUT2D eigenvalue weighted by atomic mass is 9.33. The van der Waals surface area contributed by atoms with Gasteiger partial charge < -0.3 is 27.8 Å². The first-order valence-corrected chi connectivity index (χ1v) is 21.9. The molecule has 0 saturated heterocycles. The molecule has 310 valence electrons. The molecule has 7 aromatic rings. The lowest BCUT2D eigenvalue weighted by molar-refractivity contribution is 0.296. The molecule has 0 amide bonds. The summed E-state index contributed by atoms with van der Waals surface area (Å²) in [6, 6.07) is 30.8. The highest BCUT2D eigenvalue weighted by Gasteiger charge is 2.49. The van der Waals surface area contributed by atoms with Crippen molar-refractivity contribution in [1.82, 2.24) is 0 Å². The van der Waals surface area contributed by atoms with Crippen molar-refractivity contribution in [2.45, 2.75) is 91.4 Å². The van der Waals surface area contributed by atoms with Gasteiger partial charge in [0.25, 0.3) is 6.71 Å². The fourth-order valence-corrected chi connectivity index (χ4v) is 9.50. The number of furan rings is 2. The maximum atomic E-state index is 7.22. The SMILES string of the molecule is CC(C)(C)c1cc2c3c(c1)N(c1ccc4c(c1)OCCCO4)c1oc4ccc(C(C)(C)C)cc4c1B3c1c(oc3ccc(C(C)(C)C)cc13)N2c1ccc2c(c1)OCCCO2. The Morgan fingerprint density at radius 2 is 0.836 bits per heavy atom. The summed E-state index contributed by atoms with van der Waals surface area (Å²) in [4.78, 5) is 4.65. The molecule has 0 atom stereocenters. The lowest BCUT2D eigenvalue weighted by Crippen LogP contribution is -2.61. The van der Waals surface area contributed by atoms with Gasteiger partial charge in [0, 0.05) is 58.0 Å². The molecular weight excluding hydrogens is 759 g/mol. The van der Waals surface area contributed by atoms with Crippen LogP contribution in [0.15, 0.2) is 93.8 Å². The molecule has 0 aliphatic carbocycles. The zero-order chi connectivity index (χ0) is 42.2. The quantitative estimate of drug-likeness (QED) is 0.160. The largest absolute Gasteiger partial charge is 0.490 e. The first-order valence-electron chi connectivity index (χ1n) is 21.9. The predicted molar refractivity (Wildman–Crippen MR) is 247 cm³/mol. The minimum absolute atomic E-state index is 0.0820. The lowest BCUT2D eigenvalue weighted by Gasteiger charge is -2.41. The van der Waals surface area contributed by atoms with E-state index >= 15 is 0 Å². The van der Waals surface area contributed by atoms with Crippen molar-refractivity contribution in [3.63, 3.8) is 0 Å². The zero-order valence-electron chi connectivity index (χ0n) is 36.7. The van der Waals surface area contributed by atoms with Gasteiger partial charge in [0.1, 0.15) is 11.2 Å². The molecule has 4 aliphatic rings. The van der Waals surface area contributed by atoms with Crippen LogP contribution in [0.1, 0.15) is 91.8 Å². The fourth-order valence-electron chi connectivity index (χ4n) is 9.50. The molecule has 0 spiro atoms. The van der Waals surface area contributed by atoms with Crippen molar-refractivity contribution in [3.05, 3.63) is 102 Å². The van der Waals surface area contributed by atoms with Crippen molar-refractivity contribution >= 4 is 79.6 Å². The van der Waals surface area contributed by atoms with Crippen molar-refractivity contribution in [2.75, 3.05) is 36.2 Å². The van der Waals surface area contributed by atoms with E-state index in [-0.39, 0.29) is 23.0 Å². The van der Waals surface area contributed by atoms with Gasteiger partial charge in [-0.2, -0.15) is 0 Å². The van der Waals surface area contributed by atoms with Crippen LogP contribution in [-0.4, -0.2) is 33.1 Å². The highest BCUT2D eigenvalue weighted by molar-refractivity contribution is 7.02. The van der Waals surface area contributed by atoms with Gasteiger partial charge in [0.2, 0.25) is 11.8 Å². The monoisotopic (exact) mass is 812 g/mol. The molecule has 2 aromatic heterocycles. The summed E-state index contributed by atoms with van der Waals surface area (Å²) in [5.41, 5.74) is 12.4. The Labute approximate surface area is 358 Å². The molecule has 4 aliphatic heterocycles. The van der Waals surface area contributed by atoms with Gasteiger partial charge in [-0.1, -0.05) is 74.4 Å². The number of rotatable bonds is 2. The second-order valence-electron chi connectivity index (χ2n) is 20.2. The van der Waals surface area contributed by atoms with Gasteiger partial charge in [-0.15, -0.1) is 0 Å². The van der Waals surface area contributed by atoms with E-state index in [1.54, 1.807) is 0 Å². The van der Waals surface area contributed by atoms with Gasteiger partial charge in [0.15, 0.2) is 23.0 Å². The number of hydrogen-bond donors (Lipinski definition) is 0. The zero-order valence-corrected chi connectivity index (χ0v) is 36.7. The Balaban J connectivity index is 1.29. The van der Waals surface area contributed by atoms with E-state index < -0.39 is 0 Å². The standard InChI is InChI=1S/C52H53BN2O6/c1-50(2,3)30-12-16-39-35(24-30)45-48(60-39)54(33-14-18-41-43(28-33)58-22-10-20-56-41)37-26-32(52(7,8)9)27-38-47(37)53(45)46-36-25-31(51(4,5)6)13-17-40(36)61-49(46)55(38)34-15-19-42-44(29-34)59-23-11-21-57-42/h12-19,24-29H,10-11,20-23H2,1-9H3. The molecule has 0 fully saturated rings. The van der Waals surface area contributed by atoms with Crippen molar-refractivity contribution in [2.24, 2.45) is 0 Å². The van der Waals surface area contributed by atoms with E-state index in [1.165, 1.54) is 22.2 Å². The first-order chi connectivity index (χ1) is 29.1. The summed E-state index contributed by atoms with van der Waals surface area (Å²) < 4.78 is 39.5. The van der Waals surface area contributed by atoms with Gasteiger partial charge in [-0.3, -0.25) is 9.80 Å². The summed E-state index contributed by atoms with van der Waals surface area (Å²) in [6.45, 7) is 22.7. The molecule has 0 unspecified atom stereocenters. The van der Waals surface area contributed by atoms with E-state index in [0.717, 1.165) is 103 Å². The van der Waals surface area contributed by atoms with E-state index in [2.05, 4.69) is 145 Å². The van der Waals surface area contributed by atoms with Crippen LogP contribution < -0.4 is 45.1 Å².